The highest BCUT2D eigenvalue weighted by atomic mass is 16.5. The molecule has 1 aliphatic rings. The standard InChI is InChI=1S/C12H20N4O2/c1-2-13-5-10-6-14-12(15-7-10)16-3-4-18-11(8-16)9-17/h6-7,11,13,17H,2-5,8-9H2,1H3. The van der Waals surface area contributed by atoms with E-state index in [2.05, 4.69) is 22.2 Å². The highest BCUT2D eigenvalue weighted by molar-refractivity contribution is 5.30. The van der Waals surface area contributed by atoms with Gasteiger partial charge in [-0.1, -0.05) is 6.92 Å². The van der Waals surface area contributed by atoms with Crippen LogP contribution < -0.4 is 10.2 Å². The van der Waals surface area contributed by atoms with E-state index in [9.17, 15) is 0 Å². The van der Waals surface area contributed by atoms with E-state index in [-0.39, 0.29) is 12.7 Å². The molecular weight excluding hydrogens is 232 g/mol. The maximum absolute atomic E-state index is 9.10. The van der Waals surface area contributed by atoms with Gasteiger partial charge in [0.25, 0.3) is 0 Å². The molecule has 0 amide bonds. The van der Waals surface area contributed by atoms with Gasteiger partial charge in [0.15, 0.2) is 0 Å². The molecule has 1 aliphatic heterocycles. The third kappa shape index (κ3) is 3.38. The number of aliphatic hydroxyl groups excluding tert-OH is 1. The summed E-state index contributed by atoms with van der Waals surface area (Å²) in [6.45, 7) is 5.84. The molecule has 1 saturated heterocycles. The van der Waals surface area contributed by atoms with Crippen LogP contribution in [0.25, 0.3) is 0 Å². The second kappa shape index (κ2) is 6.63. The summed E-state index contributed by atoms with van der Waals surface area (Å²) in [4.78, 5) is 10.8. The van der Waals surface area contributed by atoms with Crippen molar-refractivity contribution >= 4 is 5.95 Å². The topological polar surface area (TPSA) is 70.5 Å². The van der Waals surface area contributed by atoms with Gasteiger partial charge in [-0.3, -0.25) is 0 Å². The first-order chi connectivity index (χ1) is 8.83. The van der Waals surface area contributed by atoms with Crippen LogP contribution in [-0.2, 0) is 11.3 Å². The van der Waals surface area contributed by atoms with Gasteiger partial charge in [-0.15, -0.1) is 0 Å². The summed E-state index contributed by atoms with van der Waals surface area (Å²) in [5, 5.41) is 12.3. The van der Waals surface area contributed by atoms with E-state index in [1.165, 1.54) is 0 Å². The molecule has 0 bridgehead atoms. The van der Waals surface area contributed by atoms with Crippen molar-refractivity contribution in [2.24, 2.45) is 0 Å². The maximum atomic E-state index is 9.10. The molecule has 6 heteroatoms. The Bertz CT molecular complexity index is 358. The predicted octanol–water partition coefficient (Wildman–Crippen LogP) is -0.216. The molecule has 1 atom stereocenters. The molecule has 2 rings (SSSR count). The number of morpholine rings is 1. The molecule has 1 aromatic heterocycles. The number of hydrogen-bond acceptors (Lipinski definition) is 6. The van der Waals surface area contributed by atoms with E-state index < -0.39 is 0 Å². The molecule has 18 heavy (non-hydrogen) atoms. The first-order valence-electron chi connectivity index (χ1n) is 6.32. The fourth-order valence-corrected chi connectivity index (χ4v) is 1.88. The maximum Gasteiger partial charge on any atom is 0.225 e. The number of aliphatic hydroxyl groups is 1. The van der Waals surface area contributed by atoms with Crippen molar-refractivity contribution in [2.45, 2.75) is 19.6 Å². The lowest BCUT2D eigenvalue weighted by Gasteiger charge is -2.31. The Morgan fingerprint density at radius 2 is 2.28 bits per heavy atom. The van der Waals surface area contributed by atoms with E-state index in [0.717, 1.165) is 25.2 Å². The molecule has 2 N–H and O–H groups in total. The molecule has 0 aliphatic carbocycles. The summed E-state index contributed by atoms with van der Waals surface area (Å²) in [5.74, 6) is 0.706. The molecule has 0 aromatic carbocycles. The van der Waals surface area contributed by atoms with E-state index in [0.29, 0.717) is 19.1 Å². The van der Waals surface area contributed by atoms with Crippen molar-refractivity contribution in [3.63, 3.8) is 0 Å². The van der Waals surface area contributed by atoms with Gasteiger partial charge in [-0.05, 0) is 6.54 Å². The summed E-state index contributed by atoms with van der Waals surface area (Å²) < 4.78 is 5.40. The van der Waals surface area contributed by atoms with Crippen LogP contribution in [0.3, 0.4) is 0 Å². The van der Waals surface area contributed by atoms with Gasteiger partial charge in [0, 0.05) is 37.6 Å². The third-order valence-corrected chi connectivity index (χ3v) is 2.90. The second-order valence-corrected chi connectivity index (χ2v) is 4.29. The summed E-state index contributed by atoms with van der Waals surface area (Å²) in [7, 11) is 0. The van der Waals surface area contributed by atoms with E-state index in [4.69, 9.17) is 9.84 Å². The Balaban J connectivity index is 1.96. The van der Waals surface area contributed by atoms with Crippen LogP contribution in [0.2, 0.25) is 0 Å². The Morgan fingerprint density at radius 3 is 2.94 bits per heavy atom. The molecule has 1 aromatic rings. The second-order valence-electron chi connectivity index (χ2n) is 4.29. The molecule has 0 saturated carbocycles. The number of ether oxygens (including phenoxy) is 1. The number of anilines is 1. The SMILES string of the molecule is CCNCc1cnc(N2CCOC(CO)C2)nc1. The van der Waals surface area contributed by atoms with Crippen LogP contribution in [0.15, 0.2) is 12.4 Å². The van der Waals surface area contributed by atoms with Crippen molar-refractivity contribution in [1.82, 2.24) is 15.3 Å². The van der Waals surface area contributed by atoms with Crippen molar-refractivity contribution in [1.29, 1.82) is 0 Å². The zero-order valence-electron chi connectivity index (χ0n) is 10.7. The summed E-state index contributed by atoms with van der Waals surface area (Å²) in [6, 6.07) is 0. The minimum Gasteiger partial charge on any atom is -0.394 e. The van der Waals surface area contributed by atoms with Crippen LogP contribution in [0.5, 0.6) is 0 Å². The van der Waals surface area contributed by atoms with Gasteiger partial charge < -0.3 is 20.1 Å². The molecular formula is C12H20N4O2. The molecule has 2 heterocycles. The average Bonchev–Trinajstić information content (AvgIpc) is 2.46. The van der Waals surface area contributed by atoms with Crippen LogP contribution >= 0.6 is 0 Å². The number of aromatic nitrogens is 2. The third-order valence-electron chi connectivity index (χ3n) is 2.90. The van der Waals surface area contributed by atoms with Gasteiger partial charge in [-0.2, -0.15) is 0 Å². The minimum absolute atomic E-state index is 0.0367. The fourth-order valence-electron chi connectivity index (χ4n) is 1.88. The smallest absolute Gasteiger partial charge is 0.225 e. The fraction of sp³-hybridized carbons (Fsp3) is 0.667. The molecule has 1 unspecified atom stereocenters. The van der Waals surface area contributed by atoms with Crippen LogP contribution in [0.1, 0.15) is 12.5 Å². The lowest BCUT2D eigenvalue weighted by Crippen LogP contribution is -2.44. The highest BCUT2D eigenvalue weighted by Gasteiger charge is 2.21. The number of rotatable bonds is 5. The molecule has 6 nitrogen and oxygen atoms in total. The van der Waals surface area contributed by atoms with Crippen LogP contribution in [0, 0.1) is 0 Å². The predicted molar refractivity (Wildman–Crippen MR) is 68.5 cm³/mol. The van der Waals surface area contributed by atoms with Gasteiger partial charge >= 0.3 is 0 Å². The first kappa shape index (κ1) is 13.2. The van der Waals surface area contributed by atoms with Gasteiger partial charge in [0.2, 0.25) is 5.95 Å². The summed E-state index contributed by atoms with van der Waals surface area (Å²) in [6.07, 6.45) is 3.55. The molecule has 0 spiro atoms. The summed E-state index contributed by atoms with van der Waals surface area (Å²) >= 11 is 0. The Morgan fingerprint density at radius 1 is 1.50 bits per heavy atom. The monoisotopic (exact) mass is 252 g/mol. The van der Waals surface area contributed by atoms with E-state index >= 15 is 0 Å². The molecule has 100 valence electrons. The zero-order chi connectivity index (χ0) is 12.8. The Hall–Kier alpha value is -1.24. The van der Waals surface area contributed by atoms with Gasteiger partial charge in [0.05, 0.1) is 19.3 Å². The number of nitrogens with one attached hydrogen (secondary N) is 1. The average molecular weight is 252 g/mol. The van der Waals surface area contributed by atoms with Crippen LogP contribution in [-0.4, -0.2) is 54.0 Å². The van der Waals surface area contributed by atoms with Gasteiger partial charge in [-0.25, -0.2) is 9.97 Å². The highest BCUT2D eigenvalue weighted by Crippen LogP contribution is 2.12. The largest absolute Gasteiger partial charge is 0.394 e. The number of nitrogens with zero attached hydrogens (tertiary/aromatic N) is 3. The van der Waals surface area contributed by atoms with Crippen molar-refractivity contribution in [3.05, 3.63) is 18.0 Å². The van der Waals surface area contributed by atoms with Gasteiger partial charge in [0.1, 0.15) is 0 Å². The van der Waals surface area contributed by atoms with Crippen molar-refractivity contribution in [2.75, 3.05) is 37.7 Å². The quantitative estimate of drug-likeness (QED) is 0.755. The molecule has 0 radical (unpaired) electrons. The first-order valence-corrected chi connectivity index (χ1v) is 6.32. The van der Waals surface area contributed by atoms with Crippen molar-refractivity contribution in [3.8, 4) is 0 Å². The molecule has 1 fully saturated rings. The normalized spacial score (nSPS) is 20.1. The Labute approximate surface area is 107 Å². The summed E-state index contributed by atoms with van der Waals surface area (Å²) in [5.41, 5.74) is 1.08. The lowest BCUT2D eigenvalue weighted by molar-refractivity contribution is 0.00314. The van der Waals surface area contributed by atoms with Crippen molar-refractivity contribution < 1.29 is 9.84 Å². The van der Waals surface area contributed by atoms with Crippen LogP contribution in [0.4, 0.5) is 5.95 Å². The van der Waals surface area contributed by atoms with E-state index in [1.54, 1.807) is 0 Å². The number of hydrogen-bond donors (Lipinski definition) is 2. The zero-order valence-corrected chi connectivity index (χ0v) is 10.7. The lowest BCUT2D eigenvalue weighted by atomic mass is 10.3. The Kier molecular flexibility index (Phi) is 4.86. The minimum atomic E-state index is -0.135. The van der Waals surface area contributed by atoms with E-state index in [1.807, 2.05) is 17.3 Å².